The van der Waals surface area contributed by atoms with E-state index in [2.05, 4.69) is 111 Å². The molecule has 0 heterocycles. The van der Waals surface area contributed by atoms with Crippen LogP contribution in [0.3, 0.4) is 0 Å². The van der Waals surface area contributed by atoms with E-state index in [1.807, 2.05) is 0 Å². The molecule has 6 aromatic rings. The van der Waals surface area contributed by atoms with Crippen LogP contribution in [0.5, 0.6) is 0 Å². The highest BCUT2D eigenvalue weighted by atomic mass is 14.2. The lowest BCUT2D eigenvalue weighted by molar-refractivity contribution is 1.27. The molecule has 0 fully saturated rings. The van der Waals surface area contributed by atoms with Crippen LogP contribution in [0.2, 0.25) is 0 Å². The fourth-order valence-electron chi connectivity index (χ4n) is 5.43. The molecular weight excluding hydrogens is 372 g/mol. The van der Waals surface area contributed by atoms with Crippen molar-refractivity contribution in [3.05, 3.63) is 119 Å². The molecule has 0 aromatic heterocycles. The average Bonchev–Trinajstić information content (AvgIpc) is 2.84. The van der Waals surface area contributed by atoms with Crippen molar-refractivity contribution in [2.45, 2.75) is 20.3 Å². The molecule has 6 aromatic carbocycles. The van der Waals surface area contributed by atoms with Crippen LogP contribution in [0.25, 0.3) is 43.1 Å². The van der Waals surface area contributed by atoms with Gasteiger partial charge in [0.1, 0.15) is 0 Å². The zero-order chi connectivity index (χ0) is 20.9. The quantitative estimate of drug-likeness (QED) is 0.257. The zero-order valence-corrected chi connectivity index (χ0v) is 17.9. The molecule has 0 unspecified atom stereocenters. The van der Waals surface area contributed by atoms with Gasteiger partial charge in [-0.3, -0.25) is 0 Å². The fraction of sp³-hybridized carbons (Fsp3) is 0.0968. The molecule has 0 bridgehead atoms. The number of fused-ring (bicyclic) bond motifs is 4. The molecule has 0 aliphatic rings. The van der Waals surface area contributed by atoms with Gasteiger partial charge in [-0.15, -0.1) is 0 Å². The van der Waals surface area contributed by atoms with Crippen molar-refractivity contribution >= 4 is 43.1 Å². The molecule has 0 N–H and O–H groups in total. The van der Waals surface area contributed by atoms with E-state index in [1.165, 1.54) is 65.3 Å². The van der Waals surface area contributed by atoms with Crippen molar-refractivity contribution in [3.63, 3.8) is 0 Å². The summed E-state index contributed by atoms with van der Waals surface area (Å²) in [6.07, 6.45) is 0.919. The molecule has 0 heteroatoms. The Morgan fingerprint density at radius 3 is 0.839 bits per heavy atom. The maximum Gasteiger partial charge on any atom is -0.000111 e. The third kappa shape index (κ3) is 2.68. The van der Waals surface area contributed by atoms with Gasteiger partial charge in [-0.2, -0.15) is 0 Å². The van der Waals surface area contributed by atoms with Gasteiger partial charge in [0.2, 0.25) is 0 Å². The SMILES string of the molecule is Cc1c2ccccc2c(Cc2c3ccccc3c(C)c3ccccc23)c2ccccc12. The number of hydrogen-bond acceptors (Lipinski definition) is 0. The van der Waals surface area contributed by atoms with Gasteiger partial charge in [-0.1, -0.05) is 97.1 Å². The van der Waals surface area contributed by atoms with Gasteiger partial charge in [-0.25, -0.2) is 0 Å². The van der Waals surface area contributed by atoms with Gasteiger partial charge in [0.05, 0.1) is 0 Å². The number of rotatable bonds is 2. The van der Waals surface area contributed by atoms with E-state index in [4.69, 9.17) is 0 Å². The summed E-state index contributed by atoms with van der Waals surface area (Å²) in [7, 11) is 0. The van der Waals surface area contributed by atoms with Crippen LogP contribution >= 0.6 is 0 Å². The molecule has 31 heavy (non-hydrogen) atoms. The average molecular weight is 397 g/mol. The lowest BCUT2D eigenvalue weighted by Gasteiger charge is -2.18. The Bertz CT molecular complexity index is 1380. The van der Waals surface area contributed by atoms with Crippen molar-refractivity contribution in [2.75, 3.05) is 0 Å². The summed E-state index contributed by atoms with van der Waals surface area (Å²) in [5.74, 6) is 0. The molecule has 0 atom stereocenters. The first-order chi connectivity index (χ1) is 15.2. The van der Waals surface area contributed by atoms with E-state index in [-0.39, 0.29) is 0 Å². The number of hydrogen-bond donors (Lipinski definition) is 0. The summed E-state index contributed by atoms with van der Waals surface area (Å²) in [5.41, 5.74) is 5.59. The Balaban J connectivity index is 1.76. The second-order valence-corrected chi connectivity index (χ2v) is 8.57. The molecular formula is C31H24. The van der Waals surface area contributed by atoms with Gasteiger partial charge in [0.25, 0.3) is 0 Å². The third-order valence-electron chi connectivity index (χ3n) is 6.98. The fourth-order valence-corrected chi connectivity index (χ4v) is 5.43. The van der Waals surface area contributed by atoms with Crippen LogP contribution in [0.4, 0.5) is 0 Å². The molecule has 148 valence electrons. The Morgan fingerprint density at radius 1 is 0.355 bits per heavy atom. The minimum atomic E-state index is 0.919. The first kappa shape index (κ1) is 18.2. The summed E-state index contributed by atoms with van der Waals surface area (Å²) in [6.45, 7) is 4.51. The predicted molar refractivity (Wildman–Crippen MR) is 135 cm³/mol. The van der Waals surface area contributed by atoms with E-state index < -0.39 is 0 Å². The highest BCUT2D eigenvalue weighted by molar-refractivity contribution is 6.09. The Kier molecular flexibility index (Phi) is 4.07. The van der Waals surface area contributed by atoms with Gasteiger partial charge < -0.3 is 0 Å². The predicted octanol–water partition coefficient (Wildman–Crippen LogP) is 8.51. The van der Waals surface area contributed by atoms with E-state index in [0.29, 0.717) is 0 Å². The van der Waals surface area contributed by atoms with Crippen molar-refractivity contribution in [2.24, 2.45) is 0 Å². The molecule has 6 rings (SSSR count). The molecule has 0 nitrogen and oxygen atoms in total. The van der Waals surface area contributed by atoms with Crippen molar-refractivity contribution in [3.8, 4) is 0 Å². The lowest BCUT2D eigenvalue weighted by Crippen LogP contribution is -1.98. The summed E-state index contributed by atoms with van der Waals surface area (Å²) in [5, 5.41) is 10.9. The van der Waals surface area contributed by atoms with Crippen LogP contribution in [0.1, 0.15) is 22.3 Å². The number of benzene rings is 6. The highest BCUT2D eigenvalue weighted by Crippen LogP contribution is 2.38. The molecule has 0 aliphatic carbocycles. The normalized spacial score (nSPS) is 11.7. The smallest absolute Gasteiger partial charge is 0.000111 e. The van der Waals surface area contributed by atoms with Crippen LogP contribution in [0, 0.1) is 13.8 Å². The molecule has 0 aliphatic heterocycles. The second-order valence-electron chi connectivity index (χ2n) is 8.57. The largest absolute Gasteiger partial charge is 0.0616 e. The van der Waals surface area contributed by atoms with Crippen molar-refractivity contribution in [1.82, 2.24) is 0 Å². The molecule has 0 saturated heterocycles. The van der Waals surface area contributed by atoms with E-state index in [1.54, 1.807) is 0 Å². The van der Waals surface area contributed by atoms with Crippen LogP contribution in [-0.2, 0) is 6.42 Å². The topological polar surface area (TPSA) is 0 Å². The first-order valence-corrected chi connectivity index (χ1v) is 11.0. The zero-order valence-electron chi connectivity index (χ0n) is 17.9. The first-order valence-electron chi connectivity index (χ1n) is 11.0. The van der Waals surface area contributed by atoms with Gasteiger partial charge in [-0.05, 0) is 85.6 Å². The Labute approximate surface area is 182 Å². The van der Waals surface area contributed by atoms with Crippen LogP contribution in [0.15, 0.2) is 97.1 Å². The highest BCUT2D eigenvalue weighted by Gasteiger charge is 2.16. The van der Waals surface area contributed by atoms with E-state index in [0.717, 1.165) is 6.42 Å². The van der Waals surface area contributed by atoms with Crippen molar-refractivity contribution < 1.29 is 0 Å². The Morgan fingerprint density at radius 2 is 0.581 bits per heavy atom. The standard InChI is InChI=1S/C31H24/c1-20-22-11-3-7-15-26(22)30(27-16-8-4-12-23(20)27)19-31-28-17-9-5-13-24(28)21(2)25-14-6-10-18-29(25)31/h3-18H,19H2,1-2H3. The summed E-state index contributed by atoms with van der Waals surface area (Å²) >= 11 is 0. The molecule has 0 radical (unpaired) electrons. The van der Waals surface area contributed by atoms with Crippen LogP contribution in [-0.4, -0.2) is 0 Å². The second kappa shape index (κ2) is 6.96. The lowest BCUT2D eigenvalue weighted by atomic mass is 9.85. The van der Waals surface area contributed by atoms with Gasteiger partial charge in [0.15, 0.2) is 0 Å². The minimum Gasteiger partial charge on any atom is -0.0616 e. The summed E-state index contributed by atoms with van der Waals surface area (Å²) < 4.78 is 0. The van der Waals surface area contributed by atoms with E-state index >= 15 is 0 Å². The van der Waals surface area contributed by atoms with Crippen molar-refractivity contribution in [1.29, 1.82) is 0 Å². The maximum atomic E-state index is 2.29. The maximum absolute atomic E-state index is 2.29. The monoisotopic (exact) mass is 396 g/mol. The van der Waals surface area contributed by atoms with Crippen LogP contribution < -0.4 is 0 Å². The summed E-state index contributed by atoms with van der Waals surface area (Å²) in [4.78, 5) is 0. The minimum absolute atomic E-state index is 0.919. The van der Waals surface area contributed by atoms with Gasteiger partial charge >= 0.3 is 0 Å². The third-order valence-corrected chi connectivity index (χ3v) is 6.98. The van der Waals surface area contributed by atoms with E-state index in [9.17, 15) is 0 Å². The molecule has 0 amide bonds. The molecule has 0 saturated carbocycles. The van der Waals surface area contributed by atoms with Gasteiger partial charge in [0, 0.05) is 0 Å². The summed E-state index contributed by atoms with van der Waals surface area (Å²) in [6, 6.07) is 35.6. The Hall–Kier alpha value is -3.64. The molecule has 0 spiro atoms. The number of aryl methyl sites for hydroxylation is 2.